The number of carboxylic acids is 1. The van der Waals surface area contributed by atoms with E-state index in [0.717, 1.165) is 6.07 Å². The van der Waals surface area contributed by atoms with Crippen molar-refractivity contribution in [1.29, 1.82) is 0 Å². The number of carbonyl (C=O) groups is 2. The van der Waals surface area contributed by atoms with Crippen LogP contribution in [0.4, 0.5) is 10.1 Å². The first-order chi connectivity index (χ1) is 9.47. The molecule has 0 aliphatic carbocycles. The van der Waals surface area contributed by atoms with Gasteiger partial charge in [0, 0.05) is 10.0 Å². The monoisotopic (exact) mass is 337 g/mol. The molecular formula is C14H9BrFNO3. The summed E-state index contributed by atoms with van der Waals surface area (Å²) >= 11 is 3.20. The molecule has 0 aliphatic heterocycles. The van der Waals surface area contributed by atoms with E-state index in [1.807, 2.05) is 0 Å². The Morgan fingerprint density at radius 3 is 2.55 bits per heavy atom. The number of carbonyl (C=O) groups excluding carboxylic acids is 1. The van der Waals surface area contributed by atoms with Gasteiger partial charge in [-0.15, -0.1) is 0 Å². The molecule has 0 spiro atoms. The topological polar surface area (TPSA) is 66.4 Å². The van der Waals surface area contributed by atoms with E-state index in [0.29, 0.717) is 4.47 Å². The maximum absolute atomic E-state index is 13.1. The second kappa shape index (κ2) is 5.83. The fourth-order valence-corrected chi connectivity index (χ4v) is 1.99. The highest BCUT2D eigenvalue weighted by Gasteiger charge is 2.14. The van der Waals surface area contributed by atoms with Gasteiger partial charge in [-0.05, 0) is 36.4 Å². The van der Waals surface area contributed by atoms with Crippen molar-refractivity contribution in [3.8, 4) is 0 Å². The average Bonchev–Trinajstić information content (AvgIpc) is 2.38. The summed E-state index contributed by atoms with van der Waals surface area (Å²) in [5, 5.41) is 11.5. The van der Waals surface area contributed by atoms with Crippen LogP contribution in [0.25, 0.3) is 0 Å². The third kappa shape index (κ3) is 3.21. The lowest BCUT2D eigenvalue weighted by atomic mass is 10.1. The molecule has 0 aromatic heterocycles. The van der Waals surface area contributed by atoms with Gasteiger partial charge in [-0.3, -0.25) is 4.79 Å². The molecule has 2 aromatic carbocycles. The Bertz CT molecular complexity index is 688. The number of benzene rings is 2. The molecule has 1 amide bonds. The van der Waals surface area contributed by atoms with Crippen molar-refractivity contribution >= 4 is 33.5 Å². The zero-order valence-corrected chi connectivity index (χ0v) is 11.6. The Kier molecular flexibility index (Phi) is 4.14. The van der Waals surface area contributed by atoms with Crippen LogP contribution in [0, 0.1) is 5.82 Å². The number of hydrogen-bond donors (Lipinski definition) is 2. The van der Waals surface area contributed by atoms with Crippen molar-refractivity contribution in [1.82, 2.24) is 0 Å². The normalized spacial score (nSPS) is 10.1. The predicted octanol–water partition coefficient (Wildman–Crippen LogP) is 3.54. The van der Waals surface area contributed by atoms with E-state index in [2.05, 4.69) is 21.2 Å². The number of anilines is 1. The number of halogens is 2. The third-order valence-electron chi connectivity index (χ3n) is 2.55. The highest BCUT2D eigenvalue weighted by molar-refractivity contribution is 9.10. The van der Waals surface area contributed by atoms with Crippen LogP contribution < -0.4 is 5.32 Å². The van der Waals surface area contributed by atoms with Crippen molar-refractivity contribution in [3.05, 3.63) is 63.9 Å². The molecule has 0 fully saturated rings. The van der Waals surface area contributed by atoms with Gasteiger partial charge in [0.1, 0.15) is 5.82 Å². The smallest absolute Gasteiger partial charge is 0.337 e. The van der Waals surface area contributed by atoms with Gasteiger partial charge in [-0.1, -0.05) is 22.0 Å². The van der Waals surface area contributed by atoms with Crippen LogP contribution >= 0.6 is 15.9 Å². The van der Waals surface area contributed by atoms with Crippen molar-refractivity contribution in [2.75, 3.05) is 5.32 Å². The minimum atomic E-state index is -1.16. The Hall–Kier alpha value is -2.21. The minimum Gasteiger partial charge on any atom is -0.478 e. The van der Waals surface area contributed by atoms with Crippen molar-refractivity contribution in [2.24, 2.45) is 0 Å². The molecule has 0 aliphatic rings. The molecule has 2 aromatic rings. The fourth-order valence-electron chi connectivity index (χ4n) is 1.63. The molecule has 6 heteroatoms. The predicted molar refractivity (Wildman–Crippen MR) is 75.5 cm³/mol. The van der Waals surface area contributed by atoms with E-state index in [4.69, 9.17) is 5.11 Å². The van der Waals surface area contributed by atoms with Crippen LogP contribution in [-0.4, -0.2) is 17.0 Å². The van der Waals surface area contributed by atoms with E-state index in [1.165, 1.54) is 30.3 Å². The van der Waals surface area contributed by atoms with E-state index >= 15 is 0 Å². The molecule has 2 rings (SSSR count). The summed E-state index contributed by atoms with van der Waals surface area (Å²) in [5.41, 5.74) is 0.209. The van der Waals surface area contributed by atoms with Gasteiger partial charge in [0.05, 0.1) is 11.3 Å². The molecule has 0 heterocycles. The van der Waals surface area contributed by atoms with E-state index < -0.39 is 17.7 Å². The maximum Gasteiger partial charge on any atom is 0.337 e. The standard InChI is InChI=1S/C14H9BrFNO3/c15-9-4-5-11(14(19)20)12(7-9)17-13(18)8-2-1-3-10(16)6-8/h1-7H,(H,17,18)(H,19,20). The molecule has 0 unspecified atom stereocenters. The summed E-state index contributed by atoms with van der Waals surface area (Å²) in [7, 11) is 0. The average molecular weight is 338 g/mol. The first-order valence-electron chi connectivity index (χ1n) is 5.57. The Balaban J connectivity index is 2.32. The molecule has 20 heavy (non-hydrogen) atoms. The molecule has 102 valence electrons. The molecule has 0 saturated heterocycles. The second-order valence-corrected chi connectivity index (χ2v) is 4.88. The number of aromatic carboxylic acids is 1. The van der Waals surface area contributed by atoms with Crippen molar-refractivity contribution < 1.29 is 19.1 Å². The van der Waals surface area contributed by atoms with Crippen LogP contribution in [0.5, 0.6) is 0 Å². The van der Waals surface area contributed by atoms with Crippen LogP contribution in [0.2, 0.25) is 0 Å². The molecule has 0 saturated carbocycles. The fraction of sp³-hybridized carbons (Fsp3) is 0. The summed E-state index contributed by atoms with van der Waals surface area (Å²) in [5.74, 6) is -2.28. The van der Waals surface area contributed by atoms with E-state index in [9.17, 15) is 14.0 Å². The zero-order chi connectivity index (χ0) is 14.7. The van der Waals surface area contributed by atoms with Gasteiger partial charge in [0.15, 0.2) is 0 Å². The van der Waals surface area contributed by atoms with Crippen LogP contribution in [-0.2, 0) is 0 Å². The SMILES string of the molecule is O=C(Nc1cc(Br)ccc1C(=O)O)c1cccc(F)c1. The Labute approximate surface area is 122 Å². The largest absolute Gasteiger partial charge is 0.478 e. The van der Waals surface area contributed by atoms with Gasteiger partial charge < -0.3 is 10.4 Å². The van der Waals surface area contributed by atoms with Gasteiger partial charge in [0.2, 0.25) is 0 Å². The molecule has 4 nitrogen and oxygen atoms in total. The summed E-state index contributed by atoms with van der Waals surface area (Å²) < 4.78 is 13.7. The lowest BCUT2D eigenvalue weighted by molar-refractivity contribution is 0.0698. The van der Waals surface area contributed by atoms with Crippen molar-refractivity contribution in [3.63, 3.8) is 0 Å². The van der Waals surface area contributed by atoms with Crippen LogP contribution in [0.3, 0.4) is 0 Å². The summed E-state index contributed by atoms with van der Waals surface area (Å²) in [6.07, 6.45) is 0. The number of carboxylic acid groups (broad SMARTS) is 1. The number of amides is 1. The van der Waals surface area contributed by atoms with Gasteiger partial charge in [-0.25, -0.2) is 9.18 Å². The van der Waals surface area contributed by atoms with Gasteiger partial charge in [-0.2, -0.15) is 0 Å². The van der Waals surface area contributed by atoms with Gasteiger partial charge in [0.25, 0.3) is 5.91 Å². The number of rotatable bonds is 3. The highest BCUT2D eigenvalue weighted by atomic mass is 79.9. The quantitative estimate of drug-likeness (QED) is 0.900. The van der Waals surface area contributed by atoms with E-state index in [1.54, 1.807) is 6.07 Å². The van der Waals surface area contributed by atoms with Crippen molar-refractivity contribution in [2.45, 2.75) is 0 Å². The lowest BCUT2D eigenvalue weighted by Crippen LogP contribution is -2.15. The molecule has 0 bridgehead atoms. The summed E-state index contributed by atoms with van der Waals surface area (Å²) in [4.78, 5) is 23.0. The molecule has 0 atom stereocenters. The summed E-state index contributed by atoms with van der Waals surface area (Å²) in [6.45, 7) is 0. The first kappa shape index (κ1) is 14.2. The number of hydrogen-bond acceptors (Lipinski definition) is 2. The zero-order valence-electron chi connectivity index (χ0n) is 10.1. The van der Waals surface area contributed by atoms with Crippen LogP contribution in [0.15, 0.2) is 46.9 Å². The lowest BCUT2D eigenvalue weighted by Gasteiger charge is -2.09. The first-order valence-corrected chi connectivity index (χ1v) is 6.36. The van der Waals surface area contributed by atoms with Crippen LogP contribution in [0.1, 0.15) is 20.7 Å². The summed E-state index contributed by atoms with van der Waals surface area (Å²) in [6, 6.07) is 9.54. The van der Waals surface area contributed by atoms with E-state index in [-0.39, 0.29) is 16.8 Å². The molecular weight excluding hydrogens is 329 g/mol. The second-order valence-electron chi connectivity index (χ2n) is 3.96. The molecule has 0 radical (unpaired) electrons. The Morgan fingerprint density at radius 1 is 1.15 bits per heavy atom. The maximum atomic E-state index is 13.1. The molecule has 2 N–H and O–H groups in total. The van der Waals surface area contributed by atoms with Gasteiger partial charge >= 0.3 is 5.97 Å². The highest BCUT2D eigenvalue weighted by Crippen LogP contribution is 2.22. The number of nitrogens with one attached hydrogen (secondary N) is 1. The third-order valence-corrected chi connectivity index (χ3v) is 3.04. The Morgan fingerprint density at radius 2 is 1.90 bits per heavy atom. The minimum absolute atomic E-state index is 0.0436.